The molecule has 2 aromatic heterocycles. The summed E-state index contributed by atoms with van der Waals surface area (Å²) >= 11 is 0. The molecule has 3 aromatic rings. The predicted octanol–water partition coefficient (Wildman–Crippen LogP) is 3.37. The van der Waals surface area contributed by atoms with E-state index >= 15 is 0 Å². The fraction of sp³-hybridized carbons (Fsp3) is 0.348. The highest BCUT2D eigenvalue weighted by Gasteiger charge is 2.25. The van der Waals surface area contributed by atoms with Crippen LogP contribution in [0.25, 0.3) is 11.3 Å². The maximum atomic E-state index is 12.7. The number of aliphatic hydroxyl groups excluding tert-OH is 1. The van der Waals surface area contributed by atoms with Gasteiger partial charge in [-0.25, -0.2) is 9.97 Å². The van der Waals surface area contributed by atoms with Crippen LogP contribution in [-0.2, 0) is 6.42 Å². The van der Waals surface area contributed by atoms with Crippen molar-refractivity contribution in [1.82, 2.24) is 15.3 Å². The van der Waals surface area contributed by atoms with Gasteiger partial charge in [-0.05, 0) is 24.5 Å². The minimum atomic E-state index is -0.497. The molecule has 0 bridgehead atoms. The van der Waals surface area contributed by atoms with Gasteiger partial charge in [0.15, 0.2) is 6.39 Å². The summed E-state index contributed by atoms with van der Waals surface area (Å²) in [5.74, 6) is 0.357. The van der Waals surface area contributed by atoms with E-state index < -0.39 is 6.10 Å². The number of carbonyl (C=O) groups is 1. The zero-order valence-corrected chi connectivity index (χ0v) is 16.9. The molecule has 1 aromatic carbocycles. The molecule has 2 heterocycles. The van der Waals surface area contributed by atoms with Crippen molar-refractivity contribution in [3.8, 4) is 17.0 Å². The number of methoxy groups -OCH3 is 1. The second kappa shape index (κ2) is 9.09. The molecule has 0 radical (unpaired) electrons. The van der Waals surface area contributed by atoms with Crippen molar-refractivity contribution in [2.24, 2.45) is 0 Å². The molecule has 0 unspecified atom stereocenters. The average Bonchev–Trinajstić information content (AvgIpc) is 3.31. The number of amides is 1. The monoisotopic (exact) mass is 407 g/mol. The highest BCUT2D eigenvalue weighted by molar-refractivity contribution is 5.92. The molecule has 0 spiro atoms. The summed E-state index contributed by atoms with van der Waals surface area (Å²) in [6.45, 7) is 0. The van der Waals surface area contributed by atoms with Gasteiger partial charge in [0.05, 0.1) is 25.5 Å². The van der Waals surface area contributed by atoms with Crippen LogP contribution in [0.15, 0.2) is 53.6 Å². The number of aliphatic hydroxyl groups is 1. The van der Waals surface area contributed by atoms with E-state index in [0.29, 0.717) is 17.9 Å². The number of nitrogens with one attached hydrogen (secondary N) is 1. The molecule has 1 amide bonds. The van der Waals surface area contributed by atoms with Gasteiger partial charge in [-0.1, -0.05) is 37.1 Å². The summed E-state index contributed by atoms with van der Waals surface area (Å²) in [5, 5.41) is 13.1. The number of hydrogen-bond acceptors (Lipinski definition) is 6. The quantitative estimate of drug-likeness (QED) is 0.650. The Kier molecular flexibility index (Phi) is 6.09. The Morgan fingerprint density at radius 1 is 1.23 bits per heavy atom. The van der Waals surface area contributed by atoms with Crippen molar-refractivity contribution < 1.29 is 19.1 Å². The Bertz CT molecular complexity index is 986. The van der Waals surface area contributed by atoms with Gasteiger partial charge < -0.3 is 19.6 Å². The van der Waals surface area contributed by atoms with E-state index in [2.05, 4.69) is 15.3 Å². The molecule has 7 nitrogen and oxygen atoms in total. The van der Waals surface area contributed by atoms with Crippen LogP contribution in [0.2, 0.25) is 0 Å². The molecule has 30 heavy (non-hydrogen) atoms. The lowest BCUT2D eigenvalue weighted by Gasteiger charge is -2.28. The molecule has 0 saturated heterocycles. The number of aromatic nitrogens is 2. The van der Waals surface area contributed by atoms with Gasteiger partial charge in [0.1, 0.15) is 23.4 Å². The molecule has 7 heteroatoms. The summed E-state index contributed by atoms with van der Waals surface area (Å²) in [7, 11) is 1.59. The van der Waals surface area contributed by atoms with Crippen LogP contribution in [0.4, 0.5) is 0 Å². The highest BCUT2D eigenvalue weighted by Crippen LogP contribution is 2.24. The summed E-state index contributed by atoms with van der Waals surface area (Å²) in [5.41, 5.74) is 4.02. The summed E-state index contributed by atoms with van der Waals surface area (Å²) < 4.78 is 10.5. The lowest BCUT2D eigenvalue weighted by molar-refractivity contribution is 0.0713. The standard InChI is InChI=1S/C23H25N3O4/c1-29-22-12-24-19(23(28)26-18-4-2-3-5-21(18)27)11-17(22)10-15-6-8-16(9-7-15)20-13-30-14-25-20/h6-9,11-14,18,21,27H,2-5,10H2,1H3,(H,26,28)/t18-,21-/m0/s1. The van der Waals surface area contributed by atoms with Crippen LogP contribution in [0.1, 0.15) is 47.3 Å². The van der Waals surface area contributed by atoms with Crippen LogP contribution in [0, 0.1) is 0 Å². The van der Waals surface area contributed by atoms with E-state index in [1.165, 1.54) is 6.39 Å². The lowest BCUT2D eigenvalue weighted by atomic mass is 9.92. The number of ether oxygens (including phenoxy) is 1. The zero-order chi connectivity index (χ0) is 20.9. The molecule has 2 atom stereocenters. The number of carbonyl (C=O) groups excluding carboxylic acids is 1. The number of benzene rings is 1. The molecule has 1 aliphatic carbocycles. The van der Waals surface area contributed by atoms with Crippen LogP contribution in [-0.4, -0.2) is 40.2 Å². The lowest BCUT2D eigenvalue weighted by Crippen LogP contribution is -2.45. The average molecular weight is 407 g/mol. The Balaban J connectivity index is 1.50. The first kappa shape index (κ1) is 20.1. The molecular weight excluding hydrogens is 382 g/mol. The van der Waals surface area contributed by atoms with Crippen LogP contribution in [0.5, 0.6) is 5.75 Å². The first-order valence-electron chi connectivity index (χ1n) is 10.1. The van der Waals surface area contributed by atoms with Gasteiger partial charge in [-0.15, -0.1) is 0 Å². The van der Waals surface area contributed by atoms with Gasteiger partial charge in [-0.3, -0.25) is 4.79 Å². The predicted molar refractivity (Wildman–Crippen MR) is 111 cm³/mol. The molecule has 156 valence electrons. The fourth-order valence-electron chi connectivity index (χ4n) is 3.82. The summed E-state index contributed by atoms with van der Waals surface area (Å²) in [6, 6.07) is 9.54. The van der Waals surface area contributed by atoms with Crippen molar-refractivity contribution in [3.63, 3.8) is 0 Å². The highest BCUT2D eigenvalue weighted by atomic mass is 16.5. The maximum absolute atomic E-state index is 12.7. The Labute approximate surface area is 175 Å². The van der Waals surface area contributed by atoms with E-state index in [0.717, 1.165) is 48.1 Å². The van der Waals surface area contributed by atoms with Gasteiger partial charge in [0.2, 0.25) is 0 Å². The van der Waals surface area contributed by atoms with Gasteiger partial charge in [-0.2, -0.15) is 0 Å². The van der Waals surface area contributed by atoms with Crippen molar-refractivity contribution in [2.45, 2.75) is 44.2 Å². The third-order valence-electron chi connectivity index (χ3n) is 5.52. The topological polar surface area (TPSA) is 97.5 Å². The Morgan fingerprint density at radius 3 is 2.73 bits per heavy atom. The molecule has 4 rings (SSSR count). The van der Waals surface area contributed by atoms with Crippen molar-refractivity contribution in [3.05, 3.63) is 66.0 Å². The third kappa shape index (κ3) is 4.52. The summed E-state index contributed by atoms with van der Waals surface area (Å²) in [4.78, 5) is 21.1. The van der Waals surface area contributed by atoms with Crippen molar-refractivity contribution >= 4 is 5.91 Å². The molecule has 2 N–H and O–H groups in total. The van der Waals surface area contributed by atoms with E-state index in [1.807, 2.05) is 24.3 Å². The van der Waals surface area contributed by atoms with Crippen molar-refractivity contribution in [1.29, 1.82) is 0 Å². The number of nitrogens with zero attached hydrogens (tertiary/aromatic N) is 2. The smallest absolute Gasteiger partial charge is 0.270 e. The summed E-state index contributed by atoms with van der Waals surface area (Å²) in [6.07, 6.45) is 8.19. The second-order valence-electron chi connectivity index (χ2n) is 7.56. The van der Waals surface area contributed by atoms with Gasteiger partial charge >= 0.3 is 0 Å². The van der Waals surface area contributed by atoms with Crippen LogP contribution < -0.4 is 10.1 Å². The number of oxazole rings is 1. The normalized spacial score (nSPS) is 18.7. The van der Waals surface area contributed by atoms with Crippen molar-refractivity contribution in [2.75, 3.05) is 7.11 Å². The first-order valence-corrected chi connectivity index (χ1v) is 10.1. The zero-order valence-electron chi connectivity index (χ0n) is 16.9. The van der Waals surface area contributed by atoms with E-state index in [9.17, 15) is 9.90 Å². The number of hydrogen-bond donors (Lipinski definition) is 2. The minimum Gasteiger partial charge on any atom is -0.495 e. The van der Waals surface area contributed by atoms with Gasteiger partial charge in [0, 0.05) is 17.5 Å². The van der Waals surface area contributed by atoms with E-state index in [-0.39, 0.29) is 11.9 Å². The second-order valence-corrected chi connectivity index (χ2v) is 7.56. The van der Waals surface area contributed by atoms with E-state index in [1.54, 1.807) is 25.6 Å². The molecule has 1 saturated carbocycles. The van der Waals surface area contributed by atoms with Gasteiger partial charge in [0.25, 0.3) is 5.91 Å². The SMILES string of the molecule is COc1cnc(C(=O)N[C@H]2CCCC[C@@H]2O)cc1Cc1ccc(-c2cocn2)cc1. The number of rotatable bonds is 6. The van der Waals surface area contributed by atoms with E-state index in [4.69, 9.17) is 9.15 Å². The van der Waals surface area contributed by atoms with Crippen LogP contribution in [0.3, 0.4) is 0 Å². The molecule has 1 fully saturated rings. The Hall–Kier alpha value is -3.19. The molecular formula is C23H25N3O4. The Morgan fingerprint density at radius 2 is 2.03 bits per heavy atom. The fourth-order valence-corrected chi connectivity index (χ4v) is 3.82. The molecule has 1 aliphatic rings. The third-order valence-corrected chi connectivity index (χ3v) is 5.52. The largest absolute Gasteiger partial charge is 0.495 e. The first-order chi connectivity index (χ1) is 14.6. The minimum absolute atomic E-state index is 0.220. The molecule has 0 aliphatic heterocycles. The maximum Gasteiger partial charge on any atom is 0.270 e. The number of pyridine rings is 1. The van der Waals surface area contributed by atoms with Crippen LogP contribution >= 0.6 is 0 Å².